The molecule has 0 saturated carbocycles. The molecule has 0 aliphatic rings. The first kappa shape index (κ1) is 16.0. The molecule has 0 spiro atoms. The summed E-state index contributed by atoms with van der Waals surface area (Å²) >= 11 is 0. The van der Waals surface area contributed by atoms with Crippen molar-refractivity contribution in [2.75, 3.05) is 6.54 Å². The largest absolute Gasteiger partial charge is 0.466 e. The van der Waals surface area contributed by atoms with E-state index < -0.39 is 5.60 Å². The summed E-state index contributed by atoms with van der Waals surface area (Å²) in [5.74, 6) is 0.184. The highest BCUT2D eigenvalue weighted by Gasteiger charge is 2.26. The molecule has 4 heteroatoms. The van der Waals surface area contributed by atoms with Crippen LogP contribution in [0.15, 0.2) is 77.4 Å². The van der Waals surface area contributed by atoms with Crippen LogP contribution in [0.3, 0.4) is 0 Å². The molecule has 24 heavy (non-hydrogen) atoms. The maximum atomic E-state index is 12.3. The smallest absolute Gasteiger partial charge is 0.251 e. The minimum atomic E-state index is -1.25. The molecule has 2 aromatic carbocycles. The highest BCUT2D eigenvalue weighted by Crippen LogP contribution is 2.21. The zero-order valence-electron chi connectivity index (χ0n) is 13.4. The Morgan fingerprint density at radius 2 is 1.67 bits per heavy atom. The van der Waals surface area contributed by atoms with E-state index in [9.17, 15) is 9.90 Å². The summed E-state index contributed by atoms with van der Waals surface area (Å²) in [4.78, 5) is 12.3. The van der Waals surface area contributed by atoms with Gasteiger partial charge in [-0.05, 0) is 42.3 Å². The Morgan fingerprint density at radius 1 is 1.00 bits per heavy atom. The van der Waals surface area contributed by atoms with E-state index in [1.807, 2.05) is 42.5 Å². The van der Waals surface area contributed by atoms with Crippen LogP contribution in [0.25, 0.3) is 11.1 Å². The Bertz CT molecular complexity index is 791. The van der Waals surface area contributed by atoms with Crippen LogP contribution in [-0.4, -0.2) is 17.6 Å². The summed E-state index contributed by atoms with van der Waals surface area (Å²) < 4.78 is 5.20. The fourth-order valence-electron chi connectivity index (χ4n) is 2.47. The van der Waals surface area contributed by atoms with Gasteiger partial charge < -0.3 is 14.8 Å². The van der Waals surface area contributed by atoms with Crippen LogP contribution in [0.5, 0.6) is 0 Å². The molecule has 1 aromatic heterocycles. The quantitative estimate of drug-likeness (QED) is 0.755. The first-order chi connectivity index (χ1) is 11.6. The third kappa shape index (κ3) is 3.55. The highest BCUT2D eigenvalue weighted by molar-refractivity contribution is 5.94. The van der Waals surface area contributed by atoms with Gasteiger partial charge in [-0.3, -0.25) is 4.79 Å². The molecular formula is C20H19NO3. The van der Waals surface area contributed by atoms with Gasteiger partial charge >= 0.3 is 0 Å². The van der Waals surface area contributed by atoms with Crippen molar-refractivity contribution in [3.63, 3.8) is 0 Å². The van der Waals surface area contributed by atoms with Gasteiger partial charge in [0.25, 0.3) is 5.91 Å². The molecular weight excluding hydrogens is 302 g/mol. The molecule has 0 saturated heterocycles. The van der Waals surface area contributed by atoms with Crippen LogP contribution in [0.1, 0.15) is 23.0 Å². The molecule has 0 fully saturated rings. The number of carbonyl (C=O) groups is 1. The van der Waals surface area contributed by atoms with Crippen molar-refractivity contribution in [3.05, 3.63) is 84.3 Å². The second-order valence-corrected chi connectivity index (χ2v) is 5.88. The molecule has 0 bridgehead atoms. The van der Waals surface area contributed by atoms with Gasteiger partial charge in [0, 0.05) is 5.56 Å². The van der Waals surface area contributed by atoms with E-state index >= 15 is 0 Å². The normalized spacial score (nSPS) is 13.2. The van der Waals surface area contributed by atoms with Gasteiger partial charge in [0.15, 0.2) is 0 Å². The number of aliphatic hydroxyl groups is 1. The zero-order valence-corrected chi connectivity index (χ0v) is 13.4. The summed E-state index contributed by atoms with van der Waals surface area (Å²) in [6.07, 6.45) is 1.49. The van der Waals surface area contributed by atoms with E-state index in [1.54, 1.807) is 31.2 Å². The number of hydrogen-bond donors (Lipinski definition) is 2. The second-order valence-electron chi connectivity index (χ2n) is 5.88. The lowest BCUT2D eigenvalue weighted by Gasteiger charge is -2.21. The topological polar surface area (TPSA) is 62.5 Å². The Labute approximate surface area is 140 Å². The SMILES string of the molecule is C[C@@](O)(CNC(=O)c1ccc(-c2ccccc2)cc1)c1ccco1. The number of furan rings is 1. The molecule has 3 rings (SSSR count). The van der Waals surface area contributed by atoms with Crippen molar-refractivity contribution in [2.24, 2.45) is 0 Å². The van der Waals surface area contributed by atoms with Gasteiger partial charge in [0.05, 0.1) is 12.8 Å². The lowest BCUT2D eigenvalue weighted by Crippen LogP contribution is -2.38. The number of carbonyl (C=O) groups excluding carboxylic acids is 1. The third-order valence-corrected chi connectivity index (χ3v) is 3.90. The molecule has 0 aliphatic heterocycles. The minimum absolute atomic E-state index is 0.0692. The predicted octanol–water partition coefficient (Wildman–Crippen LogP) is 3.58. The van der Waals surface area contributed by atoms with Crippen LogP contribution in [-0.2, 0) is 5.60 Å². The Kier molecular flexibility index (Phi) is 4.49. The van der Waals surface area contributed by atoms with E-state index in [-0.39, 0.29) is 12.5 Å². The van der Waals surface area contributed by atoms with E-state index in [4.69, 9.17) is 4.42 Å². The summed E-state index contributed by atoms with van der Waals surface area (Å²) in [7, 11) is 0. The number of hydrogen-bond acceptors (Lipinski definition) is 3. The summed E-state index contributed by atoms with van der Waals surface area (Å²) in [6.45, 7) is 1.67. The van der Waals surface area contributed by atoms with Crippen molar-refractivity contribution in [1.82, 2.24) is 5.32 Å². The fraction of sp³-hybridized carbons (Fsp3) is 0.150. The number of benzene rings is 2. The Hall–Kier alpha value is -2.85. The van der Waals surface area contributed by atoms with Crippen LogP contribution >= 0.6 is 0 Å². The molecule has 1 amide bonds. The van der Waals surface area contributed by atoms with Crippen molar-refractivity contribution < 1.29 is 14.3 Å². The maximum Gasteiger partial charge on any atom is 0.251 e. The molecule has 4 nitrogen and oxygen atoms in total. The molecule has 0 unspecified atom stereocenters. The molecule has 2 N–H and O–H groups in total. The lowest BCUT2D eigenvalue weighted by atomic mass is 10.0. The van der Waals surface area contributed by atoms with Crippen LogP contribution in [0.4, 0.5) is 0 Å². The molecule has 1 atom stereocenters. The second kappa shape index (κ2) is 6.72. The van der Waals surface area contributed by atoms with Gasteiger partial charge in [-0.1, -0.05) is 42.5 Å². The Morgan fingerprint density at radius 3 is 2.29 bits per heavy atom. The fourth-order valence-corrected chi connectivity index (χ4v) is 2.47. The highest BCUT2D eigenvalue weighted by atomic mass is 16.4. The van der Waals surface area contributed by atoms with Gasteiger partial charge in [-0.2, -0.15) is 0 Å². The summed E-state index contributed by atoms with van der Waals surface area (Å²) in [5, 5.41) is 13.1. The van der Waals surface area contributed by atoms with Crippen LogP contribution in [0.2, 0.25) is 0 Å². The van der Waals surface area contributed by atoms with E-state index in [1.165, 1.54) is 6.26 Å². The van der Waals surface area contributed by atoms with Crippen molar-refractivity contribution in [2.45, 2.75) is 12.5 Å². The average molecular weight is 321 g/mol. The van der Waals surface area contributed by atoms with Crippen LogP contribution in [0, 0.1) is 0 Å². The third-order valence-electron chi connectivity index (χ3n) is 3.90. The molecule has 0 radical (unpaired) electrons. The van der Waals surface area contributed by atoms with E-state index in [0.29, 0.717) is 11.3 Å². The standard InChI is InChI=1S/C20H19NO3/c1-20(23,18-8-5-13-24-18)14-21-19(22)17-11-9-16(10-12-17)15-6-3-2-4-7-15/h2-13,23H,14H2,1H3,(H,21,22)/t20-/m1/s1. The molecule has 122 valence electrons. The summed E-state index contributed by atoms with van der Waals surface area (Å²) in [5.41, 5.74) is 1.45. The number of nitrogens with one attached hydrogen (secondary N) is 1. The van der Waals surface area contributed by atoms with Crippen molar-refractivity contribution >= 4 is 5.91 Å². The molecule has 3 aromatic rings. The van der Waals surface area contributed by atoms with Crippen LogP contribution < -0.4 is 5.32 Å². The van der Waals surface area contributed by atoms with E-state index in [2.05, 4.69) is 5.32 Å². The summed E-state index contributed by atoms with van der Waals surface area (Å²) in [6, 6.07) is 20.7. The first-order valence-corrected chi connectivity index (χ1v) is 7.76. The number of rotatable bonds is 5. The van der Waals surface area contributed by atoms with Gasteiger partial charge in [0.2, 0.25) is 0 Å². The predicted molar refractivity (Wildman–Crippen MR) is 92.5 cm³/mol. The van der Waals surface area contributed by atoms with Crippen molar-refractivity contribution in [1.29, 1.82) is 0 Å². The van der Waals surface area contributed by atoms with Gasteiger partial charge in [-0.15, -0.1) is 0 Å². The molecule has 1 heterocycles. The van der Waals surface area contributed by atoms with Gasteiger partial charge in [-0.25, -0.2) is 0 Å². The lowest BCUT2D eigenvalue weighted by molar-refractivity contribution is 0.0330. The Balaban J connectivity index is 1.65. The first-order valence-electron chi connectivity index (χ1n) is 7.76. The monoisotopic (exact) mass is 321 g/mol. The van der Waals surface area contributed by atoms with Gasteiger partial charge in [0.1, 0.15) is 11.4 Å². The number of amides is 1. The minimum Gasteiger partial charge on any atom is -0.466 e. The average Bonchev–Trinajstić information content (AvgIpc) is 3.16. The molecule has 0 aliphatic carbocycles. The van der Waals surface area contributed by atoms with E-state index in [0.717, 1.165) is 11.1 Å². The maximum absolute atomic E-state index is 12.3. The van der Waals surface area contributed by atoms with Crippen molar-refractivity contribution in [3.8, 4) is 11.1 Å². The zero-order chi connectivity index (χ0) is 17.0.